The van der Waals surface area contributed by atoms with E-state index in [9.17, 15) is 4.21 Å². The zero-order valence-corrected chi connectivity index (χ0v) is 10.4. The van der Waals surface area contributed by atoms with Crippen LogP contribution < -0.4 is 5.73 Å². The van der Waals surface area contributed by atoms with Crippen molar-refractivity contribution in [3.63, 3.8) is 0 Å². The number of anilines is 1. The van der Waals surface area contributed by atoms with Crippen LogP contribution in [0.4, 0.5) is 5.69 Å². The lowest BCUT2D eigenvalue weighted by Gasteiger charge is -2.10. The summed E-state index contributed by atoms with van der Waals surface area (Å²) < 4.78 is 17.5. The summed E-state index contributed by atoms with van der Waals surface area (Å²) >= 11 is 6.00. The van der Waals surface area contributed by atoms with Crippen LogP contribution in [0.2, 0.25) is 5.02 Å². The fourth-order valence-corrected chi connectivity index (χ4v) is 3.46. The maximum Gasteiger partial charge on any atom is 0.0694 e. The van der Waals surface area contributed by atoms with Crippen LogP contribution in [0.5, 0.6) is 0 Å². The molecule has 1 aromatic rings. The van der Waals surface area contributed by atoms with Crippen LogP contribution in [0.1, 0.15) is 12.8 Å². The molecule has 1 aliphatic rings. The minimum Gasteiger partial charge on any atom is -0.399 e. The van der Waals surface area contributed by atoms with Crippen molar-refractivity contribution in [1.82, 2.24) is 0 Å². The quantitative estimate of drug-likeness (QED) is 0.847. The van der Waals surface area contributed by atoms with E-state index in [0.717, 1.165) is 19.4 Å². The van der Waals surface area contributed by atoms with E-state index in [1.54, 1.807) is 18.2 Å². The molecule has 0 bridgehead atoms. The normalized spacial score (nSPS) is 22.2. The van der Waals surface area contributed by atoms with Crippen LogP contribution in [0, 0.1) is 0 Å². The Morgan fingerprint density at radius 3 is 3.00 bits per heavy atom. The van der Waals surface area contributed by atoms with Gasteiger partial charge in [-0.1, -0.05) is 11.6 Å². The lowest BCUT2D eigenvalue weighted by Crippen LogP contribution is -2.15. The first-order valence-electron chi connectivity index (χ1n) is 5.22. The van der Waals surface area contributed by atoms with Gasteiger partial charge < -0.3 is 10.5 Å². The number of ether oxygens (including phenoxy) is 1. The molecule has 0 aromatic heterocycles. The number of rotatable bonds is 3. The third kappa shape index (κ3) is 2.75. The van der Waals surface area contributed by atoms with Crippen molar-refractivity contribution < 1.29 is 8.95 Å². The molecule has 1 aliphatic heterocycles. The monoisotopic (exact) mass is 259 g/mol. The number of halogens is 1. The summed E-state index contributed by atoms with van der Waals surface area (Å²) in [4.78, 5) is 0.645. The molecule has 0 aliphatic carbocycles. The van der Waals surface area contributed by atoms with Gasteiger partial charge in [-0.15, -0.1) is 0 Å². The molecule has 2 N–H and O–H groups in total. The predicted molar refractivity (Wildman–Crippen MR) is 66.1 cm³/mol. The Labute approximate surface area is 102 Å². The summed E-state index contributed by atoms with van der Waals surface area (Å²) in [6.07, 6.45) is 2.14. The van der Waals surface area contributed by atoms with Crippen molar-refractivity contribution in [2.45, 2.75) is 23.8 Å². The van der Waals surface area contributed by atoms with Crippen LogP contribution in [0.15, 0.2) is 23.1 Å². The van der Waals surface area contributed by atoms with Crippen molar-refractivity contribution in [2.24, 2.45) is 0 Å². The second-order valence-corrected chi connectivity index (χ2v) is 5.71. The van der Waals surface area contributed by atoms with Gasteiger partial charge >= 0.3 is 0 Å². The molecule has 1 aromatic carbocycles. The summed E-state index contributed by atoms with van der Waals surface area (Å²) in [5.41, 5.74) is 6.17. The van der Waals surface area contributed by atoms with Crippen molar-refractivity contribution in [2.75, 3.05) is 18.1 Å². The van der Waals surface area contributed by atoms with Crippen molar-refractivity contribution in [3.05, 3.63) is 23.2 Å². The number of nitrogen functional groups attached to an aromatic ring is 1. The van der Waals surface area contributed by atoms with Gasteiger partial charge in [0.25, 0.3) is 0 Å². The SMILES string of the molecule is Nc1ccc(S(=O)CC2CCCO2)c(Cl)c1. The summed E-state index contributed by atoms with van der Waals surface area (Å²) in [5.74, 6) is 0.517. The molecule has 2 atom stereocenters. The molecular weight excluding hydrogens is 246 g/mol. The average molecular weight is 260 g/mol. The highest BCUT2D eigenvalue weighted by atomic mass is 35.5. The Balaban J connectivity index is 2.08. The second kappa shape index (κ2) is 5.17. The Morgan fingerprint density at radius 2 is 2.38 bits per heavy atom. The summed E-state index contributed by atoms with van der Waals surface area (Å²) in [5, 5.41) is 0.469. The average Bonchev–Trinajstić information content (AvgIpc) is 2.70. The third-order valence-corrected chi connectivity index (χ3v) is 4.51. The fraction of sp³-hybridized carbons (Fsp3) is 0.455. The van der Waals surface area contributed by atoms with E-state index in [0.29, 0.717) is 21.4 Å². The molecule has 0 amide bonds. The molecule has 0 saturated carbocycles. The molecule has 1 fully saturated rings. The standard InChI is InChI=1S/C11H14ClNO2S/c12-10-6-8(13)3-4-11(10)16(14)7-9-2-1-5-15-9/h3-4,6,9H,1-2,5,7,13H2. The maximum atomic E-state index is 12.0. The molecule has 88 valence electrons. The van der Waals surface area contributed by atoms with Gasteiger partial charge in [0.05, 0.1) is 32.6 Å². The molecule has 1 heterocycles. The highest BCUT2D eigenvalue weighted by molar-refractivity contribution is 7.85. The van der Waals surface area contributed by atoms with Gasteiger partial charge in [-0.25, -0.2) is 0 Å². The summed E-state index contributed by atoms with van der Waals surface area (Å²) in [7, 11) is -1.11. The Morgan fingerprint density at radius 1 is 1.56 bits per heavy atom. The minimum absolute atomic E-state index is 0.106. The molecule has 5 heteroatoms. The molecule has 3 nitrogen and oxygen atoms in total. The summed E-state index contributed by atoms with van der Waals surface area (Å²) in [6, 6.07) is 5.07. The van der Waals surface area contributed by atoms with E-state index in [-0.39, 0.29) is 6.10 Å². The lowest BCUT2D eigenvalue weighted by molar-refractivity contribution is 0.128. The highest BCUT2D eigenvalue weighted by Crippen LogP contribution is 2.24. The largest absolute Gasteiger partial charge is 0.399 e. The molecular formula is C11H14ClNO2S. The van der Waals surface area contributed by atoms with E-state index < -0.39 is 10.8 Å². The first-order valence-corrected chi connectivity index (χ1v) is 6.91. The van der Waals surface area contributed by atoms with Crippen molar-refractivity contribution >= 4 is 28.1 Å². The zero-order valence-electron chi connectivity index (χ0n) is 8.82. The highest BCUT2D eigenvalue weighted by Gasteiger charge is 2.20. The number of hydrogen-bond donors (Lipinski definition) is 1. The predicted octanol–water partition coefficient (Wildman–Crippen LogP) is 2.21. The van der Waals surface area contributed by atoms with E-state index in [1.165, 1.54) is 0 Å². The van der Waals surface area contributed by atoms with Gasteiger partial charge in [-0.3, -0.25) is 4.21 Å². The number of hydrogen-bond acceptors (Lipinski definition) is 3. The summed E-state index contributed by atoms with van der Waals surface area (Å²) in [6.45, 7) is 0.775. The van der Waals surface area contributed by atoms with E-state index in [4.69, 9.17) is 22.1 Å². The molecule has 0 spiro atoms. The number of benzene rings is 1. The topological polar surface area (TPSA) is 52.3 Å². The first-order chi connectivity index (χ1) is 7.66. The fourth-order valence-electron chi connectivity index (χ4n) is 1.74. The Hall–Kier alpha value is -0.580. The van der Waals surface area contributed by atoms with Gasteiger partial charge in [0.2, 0.25) is 0 Å². The molecule has 1 saturated heterocycles. The molecule has 0 radical (unpaired) electrons. The molecule has 2 unspecified atom stereocenters. The zero-order chi connectivity index (χ0) is 11.5. The van der Waals surface area contributed by atoms with Gasteiger partial charge in [0.15, 0.2) is 0 Å². The molecule has 2 rings (SSSR count). The van der Waals surface area contributed by atoms with Crippen molar-refractivity contribution in [1.29, 1.82) is 0 Å². The smallest absolute Gasteiger partial charge is 0.0694 e. The van der Waals surface area contributed by atoms with Crippen LogP contribution in [-0.4, -0.2) is 22.7 Å². The van der Waals surface area contributed by atoms with Gasteiger partial charge in [0.1, 0.15) is 0 Å². The van der Waals surface area contributed by atoms with Gasteiger partial charge in [-0.05, 0) is 31.0 Å². The molecule has 16 heavy (non-hydrogen) atoms. The van der Waals surface area contributed by atoms with Gasteiger partial charge in [0, 0.05) is 12.3 Å². The van der Waals surface area contributed by atoms with E-state index in [2.05, 4.69) is 0 Å². The first kappa shape index (κ1) is 11.9. The van der Waals surface area contributed by atoms with Gasteiger partial charge in [-0.2, -0.15) is 0 Å². The number of nitrogens with two attached hydrogens (primary N) is 1. The van der Waals surface area contributed by atoms with E-state index in [1.807, 2.05) is 0 Å². The van der Waals surface area contributed by atoms with Crippen molar-refractivity contribution in [3.8, 4) is 0 Å². The minimum atomic E-state index is -1.11. The van der Waals surface area contributed by atoms with E-state index >= 15 is 0 Å². The lowest BCUT2D eigenvalue weighted by atomic mass is 10.3. The third-order valence-electron chi connectivity index (χ3n) is 2.56. The van der Waals surface area contributed by atoms with Crippen LogP contribution >= 0.6 is 11.6 Å². The van der Waals surface area contributed by atoms with Crippen LogP contribution in [-0.2, 0) is 15.5 Å². The Kier molecular flexibility index (Phi) is 3.84. The van der Waals surface area contributed by atoms with Crippen LogP contribution in [0.3, 0.4) is 0 Å². The maximum absolute atomic E-state index is 12.0. The second-order valence-electron chi connectivity index (χ2n) is 3.84. The Bertz CT molecular complexity index is 405. The van der Waals surface area contributed by atoms with Crippen LogP contribution in [0.25, 0.3) is 0 Å².